The molecule has 1 aliphatic carbocycles. The second kappa shape index (κ2) is 7.12. The number of aliphatic hydroxyl groups excluding tert-OH is 1. The second-order valence-electron chi connectivity index (χ2n) is 7.05. The summed E-state index contributed by atoms with van der Waals surface area (Å²) in [6.07, 6.45) is -1.95. The van der Waals surface area contributed by atoms with E-state index in [1.165, 1.54) is 30.5 Å². The summed E-state index contributed by atoms with van der Waals surface area (Å²) >= 11 is 0. The highest BCUT2D eigenvalue weighted by Crippen LogP contribution is 2.34. The van der Waals surface area contributed by atoms with Crippen molar-refractivity contribution in [2.24, 2.45) is 0 Å². The van der Waals surface area contributed by atoms with E-state index in [4.69, 9.17) is 0 Å². The molecule has 29 heavy (non-hydrogen) atoms. The van der Waals surface area contributed by atoms with Crippen molar-refractivity contribution in [2.45, 2.75) is 42.5 Å². The molecule has 0 amide bonds. The molecule has 2 atom stereocenters. The molecule has 2 heterocycles. The Morgan fingerprint density at radius 1 is 1.14 bits per heavy atom. The number of sulfonamides is 1. The van der Waals surface area contributed by atoms with Crippen LogP contribution in [0.15, 0.2) is 47.5 Å². The van der Waals surface area contributed by atoms with Gasteiger partial charge in [-0.15, -0.1) is 0 Å². The molecule has 1 aliphatic rings. The fourth-order valence-electron chi connectivity index (χ4n) is 3.59. The summed E-state index contributed by atoms with van der Waals surface area (Å²) in [5, 5.41) is 10.1. The summed E-state index contributed by atoms with van der Waals surface area (Å²) in [6.45, 7) is 0. The van der Waals surface area contributed by atoms with E-state index in [1.54, 1.807) is 6.07 Å². The van der Waals surface area contributed by atoms with Crippen molar-refractivity contribution in [3.05, 3.63) is 48.3 Å². The largest absolute Gasteiger partial charge is 0.431 e. The molecule has 4 rings (SSSR count). The molecule has 0 bridgehead atoms. The molecule has 0 aliphatic heterocycles. The van der Waals surface area contributed by atoms with Gasteiger partial charge in [0.05, 0.1) is 11.0 Å². The molecule has 2 unspecified atom stereocenters. The zero-order chi connectivity index (χ0) is 20.8. The van der Waals surface area contributed by atoms with Gasteiger partial charge in [-0.2, -0.15) is 13.2 Å². The number of halogens is 3. The van der Waals surface area contributed by atoms with Gasteiger partial charge in [0.25, 0.3) is 0 Å². The first kappa shape index (κ1) is 19.9. The zero-order valence-corrected chi connectivity index (χ0v) is 15.9. The molecule has 2 aromatic heterocycles. The summed E-state index contributed by atoms with van der Waals surface area (Å²) in [5.41, 5.74) is 0.268. The summed E-state index contributed by atoms with van der Waals surface area (Å²) in [4.78, 5) is 6.22. The van der Waals surface area contributed by atoms with Crippen LogP contribution in [0.2, 0.25) is 0 Å². The Bertz CT molecular complexity index is 1140. The lowest BCUT2D eigenvalue weighted by Crippen LogP contribution is -2.39. The van der Waals surface area contributed by atoms with Gasteiger partial charge in [-0.25, -0.2) is 18.1 Å². The maximum absolute atomic E-state index is 13.0. The first-order valence-corrected chi connectivity index (χ1v) is 10.5. The topological polar surface area (TPSA) is 95.1 Å². The summed E-state index contributed by atoms with van der Waals surface area (Å²) in [7, 11) is -3.81. The van der Waals surface area contributed by atoms with E-state index in [0.717, 1.165) is 12.5 Å². The molecule has 1 saturated carbocycles. The van der Waals surface area contributed by atoms with E-state index in [-0.39, 0.29) is 10.5 Å². The van der Waals surface area contributed by atoms with E-state index in [2.05, 4.69) is 14.7 Å². The molecule has 10 heteroatoms. The van der Waals surface area contributed by atoms with Crippen LogP contribution < -0.4 is 4.72 Å². The second-order valence-corrected chi connectivity index (χ2v) is 8.77. The van der Waals surface area contributed by atoms with Crippen LogP contribution in [-0.4, -0.2) is 35.6 Å². The van der Waals surface area contributed by atoms with Gasteiger partial charge in [-0.05, 0) is 54.7 Å². The highest BCUT2D eigenvalue weighted by atomic mass is 32.2. The van der Waals surface area contributed by atoms with E-state index in [1.807, 2.05) is 0 Å². The van der Waals surface area contributed by atoms with Crippen molar-refractivity contribution in [3.8, 4) is 11.1 Å². The average molecular weight is 425 g/mol. The van der Waals surface area contributed by atoms with Crippen molar-refractivity contribution in [3.63, 3.8) is 0 Å². The Kier molecular flexibility index (Phi) is 4.88. The van der Waals surface area contributed by atoms with Crippen LogP contribution in [0.3, 0.4) is 0 Å². The smallest absolute Gasteiger partial charge is 0.391 e. The van der Waals surface area contributed by atoms with Crippen LogP contribution in [0, 0.1) is 0 Å². The van der Waals surface area contributed by atoms with Crippen molar-refractivity contribution in [1.82, 2.24) is 14.7 Å². The van der Waals surface area contributed by atoms with E-state index < -0.39 is 34.0 Å². The first-order valence-electron chi connectivity index (χ1n) is 9.01. The fourth-order valence-corrected chi connectivity index (χ4v) is 4.89. The highest BCUT2D eigenvalue weighted by Gasteiger charge is 2.33. The Morgan fingerprint density at radius 3 is 2.48 bits per heavy atom. The average Bonchev–Trinajstić information content (AvgIpc) is 3.27. The van der Waals surface area contributed by atoms with Crippen molar-refractivity contribution in [1.29, 1.82) is 0 Å². The molecule has 6 nitrogen and oxygen atoms in total. The minimum atomic E-state index is -4.52. The van der Waals surface area contributed by atoms with Gasteiger partial charge in [-0.1, -0.05) is 12.1 Å². The molecule has 1 fully saturated rings. The third-order valence-corrected chi connectivity index (χ3v) is 6.60. The predicted molar refractivity (Wildman–Crippen MR) is 100 cm³/mol. The first-order chi connectivity index (χ1) is 13.6. The number of aromatic amines is 1. The van der Waals surface area contributed by atoms with Gasteiger partial charge in [0.2, 0.25) is 10.0 Å². The number of alkyl halides is 3. The summed E-state index contributed by atoms with van der Waals surface area (Å²) in [6, 6.07) is 7.91. The van der Waals surface area contributed by atoms with Crippen molar-refractivity contribution >= 4 is 21.1 Å². The Balaban J connectivity index is 1.65. The van der Waals surface area contributed by atoms with Crippen LogP contribution in [0.1, 0.15) is 25.0 Å². The number of aliphatic hydroxyl groups is 1. The summed E-state index contributed by atoms with van der Waals surface area (Å²) < 4.78 is 66.6. The number of H-pyrrole nitrogens is 1. The molecule has 3 N–H and O–H groups in total. The molecule has 0 radical (unpaired) electrons. The molecule has 1 aromatic carbocycles. The number of hydrogen-bond acceptors (Lipinski definition) is 4. The number of fused-ring (bicyclic) bond motifs is 1. The summed E-state index contributed by atoms with van der Waals surface area (Å²) in [5.74, 6) is 0. The quantitative estimate of drug-likeness (QED) is 0.597. The fraction of sp³-hybridized carbons (Fsp3) is 0.316. The van der Waals surface area contributed by atoms with Gasteiger partial charge in [0.1, 0.15) is 11.3 Å². The van der Waals surface area contributed by atoms with Crippen LogP contribution in [0.4, 0.5) is 13.2 Å². The number of hydrogen-bond donors (Lipinski definition) is 3. The van der Waals surface area contributed by atoms with Crippen LogP contribution >= 0.6 is 0 Å². The van der Waals surface area contributed by atoms with E-state index >= 15 is 0 Å². The monoisotopic (exact) mass is 425 g/mol. The number of benzene rings is 1. The number of nitrogens with zero attached hydrogens (tertiary/aromatic N) is 1. The predicted octanol–water partition coefficient (Wildman–Crippen LogP) is 3.44. The standard InChI is InChI=1S/C19H18F3N3O3S/c20-19(21,22)17-10-14-13(8-9-23-18(14)24-17)11-4-6-12(7-5-11)29(27,28)25-15-2-1-3-16(15)26/h4-10,15-16,25-26H,1-3H2,(H,23,24). The van der Waals surface area contributed by atoms with Crippen LogP contribution in [-0.2, 0) is 16.2 Å². The third-order valence-electron chi connectivity index (χ3n) is 5.10. The van der Waals surface area contributed by atoms with E-state index in [9.17, 15) is 26.7 Å². The Morgan fingerprint density at radius 2 is 1.86 bits per heavy atom. The minimum absolute atomic E-state index is 0.0238. The molecule has 0 saturated heterocycles. The highest BCUT2D eigenvalue weighted by molar-refractivity contribution is 7.89. The number of nitrogens with one attached hydrogen (secondary N) is 2. The third kappa shape index (κ3) is 3.87. The minimum Gasteiger partial charge on any atom is -0.391 e. The SMILES string of the molecule is O=S(=O)(NC1CCCC1O)c1ccc(-c2ccnc3[nH]c(C(F)(F)F)cc23)cc1. The maximum Gasteiger partial charge on any atom is 0.431 e. The van der Waals surface area contributed by atoms with Crippen LogP contribution in [0.5, 0.6) is 0 Å². The Hall–Kier alpha value is -2.43. The van der Waals surface area contributed by atoms with E-state index in [0.29, 0.717) is 29.4 Å². The molecule has 154 valence electrons. The lowest BCUT2D eigenvalue weighted by atomic mass is 10.0. The molecular formula is C19H18F3N3O3S. The molecule has 3 aromatic rings. The van der Waals surface area contributed by atoms with Gasteiger partial charge < -0.3 is 10.1 Å². The number of rotatable bonds is 4. The van der Waals surface area contributed by atoms with Gasteiger partial charge >= 0.3 is 6.18 Å². The molecular weight excluding hydrogens is 407 g/mol. The lowest BCUT2D eigenvalue weighted by Gasteiger charge is -2.16. The number of aromatic nitrogens is 2. The van der Waals surface area contributed by atoms with Crippen LogP contribution in [0.25, 0.3) is 22.2 Å². The molecule has 0 spiro atoms. The maximum atomic E-state index is 13.0. The van der Waals surface area contributed by atoms with Crippen molar-refractivity contribution < 1.29 is 26.7 Å². The van der Waals surface area contributed by atoms with Gasteiger partial charge in [0, 0.05) is 17.6 Å². The number of pyridine rings is 1. The van der Waals surface area contributed by atoms with Gasteiger partial charge in [0.15, 0.2) is 0 Å². The van der Waals surface area contributed by atoms with Gasteiger partial charge in [-0.3, -0.25) is 0 Å². The van der Waals surface area contributed by atoms with Crippen molar-refractivity contribution in [2.75, 3.05) is 0 Å². The Labute approximate surface area is 164 Å². The normalized spacial score (nSPS) is 20.4. The lowest BCUT2D eigenvalue weighted by molar-refractivity contribution is -0.140. The zero-order valence-electron chi connectivity index (χ0n) is 15.1.